The van der Waals surface area contributed by atoms with Gasteiger partial charge in [-0.1, -0.05) is 0 Å². The molecular formula is C7H15BrMgO2. The first-order valence-corrected chi connectivity index (χ1v) is 4.87. The van der Waals surface area contributed by atoms with Gasteiger partial charge in [-0.2, -0.15) is 0 Å². The molecule has 0 aromatic carbocycles. The molecule has 0 aliphatic heterocycles. The first kappa shape index (κ1) is 14.7. The summed E-state index contributed by atoms with van der Waals surface area (Å²) in [4.78, 5) is 0. The number of hydrogen-bond acceptors (Lipinski definition) is 2. The third-order valence-corrected chi connectivity index (χ3v) is 1.55. The second-order valence-electron chi connectivity index (χ2n) is 1.98. The van der Waals surface area contributed by atoms with Gasteiger partial charge in [-0.25, -0.2) is 0 Å². The minimum atomic E-state index is 0. The third-order valence-electron chi connectivity index (χ3n) is 1.14. The van der Waals surface area contributed by atoms with Gasteiger partial charge in [0.25, 0.3) is 0 Å². The Kier molecular flexibility index (Phi) is 14.9. The molecular weight excluding hydrogens is 220 g/mol. The molecule has 0 saturated carbocycles. The Morgan fingerprint density at radius 3 is 1.91 bits per heavy atom. The Hall–Kier alpha value is 1.17. The van der Waals surface area contributed by atoms with E-state index in [1.165, 1.54) is 0 Å². The Morgan fingerprint density at radius 2 is 1.64 bits per heavy atom. The van der Waals surface area contributed by atoms with E-state index in [9.17, 15) is 0 Å². The summed E-state index contributed by atoms with van der Waals surface area (Å²) in [6, 6.07) is 0. The van der Waals surface area contributed by atoms with Crippen LogP contribution in [0.25, 0.3) is 0 Å². The van der Waals surface area contributed by atoms with Gasteiger partial charge in [0, 0.05) is 0 Å². The number of halogens is 1. The number of hydrogen-bond donors (Lipinski definition) is 0. The van der Waals surface area contributed by atoms with Crippen molar-refractivity contribution in [2.45, 2.75) is 31.1 Å². The second-order valence-corrected chi connectivity index (χ2v) is 2.69. The van der Waals surface area contributed by atoms with Crippen molar-refractivity contribution in [3.63, 3.8) is 0 Å². The average Bonchev–Trinajstić information content (AvgIpc) is 1.90. The zero-order chi connectivity index (χ0) is 7.82. The van der Waals surface area contributed by atoms with Crippen LogP contribution in [0.15, 0.2) is 0 Å². The standard InChI is InChI=1S/C7H15O2.BrH.Mg/c1-4-7(8-5-2)9-6-3;;/h7H,1,4-6H2,2-3H3;1H;/q;;+1/p-1. The van der Waals surface area contributed by atoms with Gasteiger partial charge in [0.2, 0.25) is 0 Å². The molecule has 4 heteroatoms. The predicted molar refractivity (Wildman–Crippen MR) is 42.2 cm³/mol. The summed E-state index contributed by atoms with van der Waals surface area (Å²) >= 11 is 1.95. The molecule has 0 aliphatic carbocycles. The normalized spacial score (nSPS) is 9.91. The molecule has 0 aliphatic rings. The SMILES string of the molecule is CCOC(C[CH2][Mg+])OCC.[Br-]. The molecule has 0 rings (SSSR count). The molecule has 0 radical (unpaired) electrons. The van der Waals surface area contributed by atoms with Crippen LogP contribution in [0.4, 0.5) is 0 Å². The fraction of sp³-hybridized carbons (Fsp3) is 1.00. The summed E-state index contributed by atoms with van der Waals surface area (Å²) in [6.07, 6.45) is 1.05. The van der Waals surface area contributed by atoms with E-state index in [4.69, 9.17) is 9.47 Å². The molecule has 0 bridgehead atoms. The molecule has 0 fully saturated rings. The monoisotopic (exact) mass is 234 g/mol. The summed E-state index contributed by atoms with van der Waals surface area (Å²) in [7, 11) is 0. The van der Waals surface area contributed by atoms with Gasteiger partial charge in [0.15, 0.2) is 0 Å². The van der Waals surface area contributed by atoms with Crippen LogP contribution < -0.4 is 17.0 Å². The van der Waals surface area contributed by atoms with Crippen LogP contribution in [0, 0.1) is 0 Å². The van der Waals surface area contributed by atoms with Gasteiger partial charge in [-0.15, -0.1) is 0 Å². The van der Waals surface area contributed by atoms with Crippen LogP contribution in [-0.2, 0) is 9.47 Å². The molecule has 0 heterocycles. The first-order chi connectivity index (χ1) is 4.85. The van der Waals surface area contributed by atoms with Crippen LogP contribution in [-0.4, -0.2) is 41.2 Å². The number of ether oxygens (including phenoxy) is 2. The molecule has 0 saturated heterocycles. The Labute approximate surface area is 92.2 Å². The first-order valence-electron chi connectivity index (χ1n) is 3.87. The molecule has 0 spiro atoms. The van der Waals surface area contributed by atoms with Gasteiger partial charge in [-0.3, -0.25) is 0 Å². The van der Waals surface area contributed by atoms with E-state index in [0.717, 1.165) is 24.2 Å². The van der Waals surface area contributed by atoms with Crippen molar-refractivity contribution in [3.05, 3.63) is 0 Å². The Morgan fingerprint density at radius 1 is 1.18 bits per heavy atom. The van der Waals surface area contributed by atoms with Crippen LogP contribution in [0.2, 0.25) is 4.55 Å². The van der Waals surface area contributed by atoms with Gasteiger partial charge < -0.3 is 17.0 Å². The summed E-state index contributed by atoms with van der Waals surface area (Å²) < 4.78 is 11.8. The predicted octanol–water partition coefficient (Wildman–Crippen LogP) is -1.63. The molecule has 0 amide bonds. The van der Waals surface area contributed by atoms with Crippen LogP contribution in [0.3, 0.4) is 0 Å². The minimum absolute atomic E-state index is 0. The van der Waals surface area contributed by atoms with Gasteiger partial charge in [0.1, 0.15) is 0 Å². The van der Waals surface area contributed by atoms with Gasteiger partial charge in [0.05, 0.1) is 0 Å². The summed E-state index contributed by atoms with van der Waals surface area (Å²) in [5, 5.41) is 0. The molecule has 0 atom stereocenters. The molecule has 2 nitrogen and oxygen atoms in total. The van der Waals surface area contributed by atoms with E-state index in [0.29, 0.717) is 0 Å². The maximum atomic E-state index is 5.31. The molecule has 0 N–H and O–H groups in total. The Bertz CT molecular complexity index is 59.2. The van der Waals surface area contributed by atoms with Gasteiger partial charge in [-0.05, 0) is 0 Å². The molecule has 0 aromatic rings. The van der Waals surface area contributed by atoms with E-state index < -0.39 is 0 Å². The fourth-order valence-electron chi connectivity index (χ4n) is 0.753. The quantitative estimate of drug-likeness (QED) is 0.406. The molecule has 0 unspecified atom stereocenters. The largest absolute Gasteiger partial charge is 1.00 e. The van der Waals surface area contributed by atoms with Crippen molar-refractivity contribution in [2.24, 2.45) is 0 Å². The van der Waals surface area contributed by atoms with Crippen LogP contribution >= 0.6 is 0 Å². The van der Waals surface area contributed by atoms with Crippen molar-refractivity contribution in [1.82, 2.24) is 0 Å². The smallest absolute Gasteiger partial charge is 1.00 e. The zero-order valence-electron chi connectivity index (χ0n) is 7.31. The van der Waals surface area contributed by atoms with Crippen molar-refractivity contribution in [1.29, 1.82) is 0 Å². The average molecular weight is 235 g/mol. The van der Waals surface area contributed by atoms with Crippen molar-refractivity contribution in [3.8, 4) is 0 Å². The van der Waals surface area contributed by atoms with E-state index in [1.54, 1.807) is 0 Å². The Balaban J connectivity index is 0. The topological polar surface area (TPSA) is 18.5 Å². The van der Waals surface area contributed by atoms with E-state index in [-0.39, 0.29) is 23.3 Å². The van der Waals surface area contributed by atoms with E-state index in [1.807, 2.05) is 35.6 Å². The minimum Gasteiger partial charge on any atom is -1.00 e. The van der Waals surface area contributed by atoms with Crippen LogP contribution in [0.5, 0.6) is 0 Å². The van der Waals surface area contributed by atoms with Gasteiger partial charge >= 0.3 is 75.5 Å². The zero-order valence-corrected chi connectivity index (χ0v) is 10.3. The van der Waals surface area contributed by atoms with E-state index >= 15 is 0 Å². The fourth-order valence-corrected chi connectivity index (χ4v) is 1.09. The summed E-state index contributed by atoms with van der Waals surface area (Å²) in [5.74, 6) is 0. The van der Waals surface area contributed by atoms with Crippen LogP contribution in [0.1, 0.15) is 20.3 Å². The maximum Gasteiger partial charge on any atom is -1.00 e. The maximum absolute atomic E-state index is 5.31. The molecule has 11 heavy (non-hydrogen) atoms. The summed E-state index contributed by atoms with van der Waals surface area (Å²) in [6.45, 7) is 5.47. The second kappa shape index (κ2) is 11.2. The molecule has 0 aromatic heterocycles. The number of rotatable bonds is 6. The summed E-state index contributed by atoms with van der Waals surface area (Å²) in [5.41, 5.74) is 0. The van der Waals surface area contributed by atoms with E-state index in [2.05, 4.69) is 0 Å². The third kappa shape index (κ3) is 9.08. The van der Waals surface area contributed by atoms with Crippen molar-refractivity contribution in [2.75, 3.05) is 13.2 Å². The molecule has 64 valence electrons. The van der Waals surface area contributed by atoms with Crippen molar-refractivity contribution >= 4 is 21.7 Å². The van der Waals surface area contributed by atoms with Crippen molar-refractivity contribution < 1.29 is 26.5 Å².